The maximum absolute atomic E-state index is 14.4. The third kappa shape index (κ3) is 3.71. The van der Waals surface area contributed by atoms with Gasteiger partial charge in [-0.25, -0.2) is 8.78 Å². The minimum absolute atomic E-state index is 0.292. The van der Waals surface area contributed by atoms with Crippen molar-refractivity contribution in [1.29, 1.82) is 0 Å². The molecular weight excluding hydrogens is 360 g/mol. The summed E-state index contributed by atoms with van der Waals surface area (Å²) in [5.74, 6) is 0.319. The van der Waals surface area contributed by atoms with Crippen LogP contribution in [0.3, 0.4) is 0 Å². The monoisotopic (exact) mass is 381 g/mol. The van der Waals surface area contributed by atoms with E-state index in [4.69, 9.17) is 9.47 Å². The molecule has 0 aromatic heterocycles. The van der Waals surface area contributed by atoms with Gasteiger partial charge in [0, 0.05) is 12.1 Å². The van der Waals surface area contributed by atoms with Crippen LogP contribution < -0.4 is 14.8 Å². The molecule has 1 aliphatic heterocycles. The number of fused-ring (bicyclic) bond motifs is 1. The molecule has 0 saturated heterocycles. The van der Waals surface area contributed by atoms with Crippen LogP contribution in [-0.2, 0) is 13.0 Å². The van der Waals surface area contributed by atoms with Crippen molar-refractivity contribution in [1.82, 2.24) is 5.32 Å². The normalized spacial score (nSPS) is 15.8. The van der Waals surface area contributed by atoms with Gasteiger partial charge in [0.15, 0.2) is 11.5 Å². The molecule has 0 fully saturated rings. The molecule has 5 heteroatoms. The quantitative estimate of drug-likeness (QED) is 0.689. The van der Waals surface area contributed by atoms with Crippen molar-refractivity contribution in [3.8, 4) is 11.5 Å². The molecule has 0 bridgehead atoms. The smallest absolute Gasteiger partial charge is 0.162 e. The SMILES string of the molecule is COc1cc2c(cc1OCc1ccccc1)C(c1cc(F)ccc1F)NCC2. The molecule has 1 N–H and O–H groups in total. The van der Waals surface area contributed by atoms with Gasteiger partial charge in [0.05, 0.1) is 13.2 Å². The fourth-order valence-electron chi connectivity index (χ4n) is 3.59. The van der Waals surface area contributed by atoms with E-state index in [1.54, 1.807) is 7.11 Å². The molecular formula is C23H21F2NO2. The van der Waals surface area contributed by atoms with Gasteiger partial charge in [0.1, 0.15) is 18.2 Å². The summed E-state index contributed by atoms with van der Waals surface area (Å²) in [5, 5.41) is 3.30. The number of rotatable bonds is 5. The van der Waals surface area contributed by atoms with Crippen LogP contribution in [0.25, 0.3) is 0 Å². The van der Waals surface area contributed by atoms with Crippen molar-refractivity contribution in [2.75, 3.05) is 13.7 Å². The van der Waals surface area contributed by atoms with E-state index in [9.17, 15) is 8.78 Å². The van der Waals surface area contributed by atoms with Gasteiger partial charge >= 0.3 is 0 Å². The average Bonchev–Trinajstić information content (AvgIpc) is 2.73. The van der Waals surface area contributed by atoms with Crippen molar-refractivity contribution in [3.05, 3.63) is 94.6 Å². The lowest BCUT2D eigenvalue weighted by molar-refractivity contribution is 0.283. The summed E-state index contributed by atoms with van der Waals surface area (Å²) in [5.41, 5.74) is 3.24. The highest BCUT2D eigenvalue weighted by Gasteiger charge is 2.26. The summed E-state index contributed by atoms with van der Waals surface area (Å²) >= 11 is 0. The summed E-state index contributed by atoms with van der Waals surface area (Å²) in [6, 6.07) is 16.7. The van der Waals surface area contributed by atoms with Crippen molar-refractivity contribution < 1.29 is 18.3 Å². The maximum Gasteiger partial charge on any atom is 0.162 e. The molecule has 0 aliphatic carbocycles. The fourth-order valence-corrected chi connectivity index (χ4v) is 3.59. The van der Waals surface area contributed by atoms with Crippen LogP contribution >= 0.6 is 0 Å². The van der Waals surface area contributed by atoms with Gasteiger partial charge in [-0.2, -0.15) is 0 Å². The third-order valence-corrected chi connectivity index (χ3v) is 4.99. The highest BCUT2D eigenvalue weighted by molar-refractivity contribution is 5.51. The largest absolute Gasteiger partial charge is 0.493 e. The van der Waals surface area contributed by atoms with Crippen molar-refractivity contribution in [2.24, 2.45) is 0 Å². The van der Waals surface area contributed by atoms with Crippen LogP contribution in [0.2, 0.25) is 0 Å². The Kier molecular flexibility index (Phi) is 5.26. The van der Waals surface area contributed by atoms with Gasteiger partial charge in [-0.1, -0.05) is 30.3 Å². The second-order valence-electron chi connectivity index (χ2n) is 6.78. The second-order valence-corrected chi connectivity index (χ2v) is 6.78. The lowest BCUT2D eigenvalue weighted by atomic mass is 9.89. The van der Waals surface area contributed by atoms with Gasteiger partial charge < -0.3 is 14.8 Å². The lowest BCUT2D eigenvalue weighted by Crippen LogP contribution is -2.31. The first-order chi connectivity index (χ1) is 13.7. The number of methoxy groups -OCH3 is 1. The van der Waals surface area contributed by atoms with E-state index in [1.165, 1.54) is 6.07 Å². The summed E-state index contributed by atoms with van der Waals surface area (Å²) in [6.07, 6.45) is 0.776. The molecule has 1 atom stereocenters. The predicted molar refractivity (Wildman–Crippen MR) is 104 cm³/mol. The molecule has 1 aliphatic rings. The van der Waals surface area contributed by atoms with Crippen molar-refractivity contribution in [2.45, 2.75) is 19.1 Å². The number of nitrogens with one attached hydrogen (secondary N) is 1. The van der Waals surface area contributed by atoms with Crippen LogP contribution in [0, 0.1) is 11.6 Å². The summed E-state index contributed by atoms with van der Waals surface area (Å²) in [4.78, 5) is 0. The predicted octanol–water partition coefficient (Wildman–Crippen LogP) is 4.79. The Bertz CT molecular complexity index is 976. The molecule has 0 saturated carbocycles. The fraction of sp³-hybridized carbons (Fsp3) is 0.217. The van der Waals surface area contributed by atoms with Crippen LogP contribution in [-0.4, -0.2) is 13.7 Å². The second kappa shape index (κ2) is 7.98. The zero-order valence-corrected chi connectivity index (χ0v) is 15.5. The highest BCUT2D eigenvalue weighted by atomic mass is 19.1. The molecule has 1 unspecified atom stereocenters. The van der Waals surface area contributed by atoms with Gasteiger partial charge in [0.2, 0.25) is 0 Å². The Morgan fingerprint density at radius 2 is 1.79 bits per heavy atom. The number of halogens is 2. The minimum Gasteiger partial charge on any atom is -0.493 e. The summed E-state index contributed by atoms with van der Waals surface area (Å²) in [6.45, 7) is 1.06. The number of hydrogen-bond acceptors (Lipinski definition) is 3. The van der Waals surface area contributed by atoms with Gasteiger partial charge in [-0.05, 0) is 53.4 Å². The van der Waals surface area contributed by atoms with Crippen LogP contribution in [0.5, 0.6) is 11.5 Å². The molecule has 3 nitrogen and oxygen atoms in total. The van der Waals surface area contributed by atoms with E-state index in [0.717, 1.165) is 35.2 Å². The molecule has 4 rings (SSSR count). The van der Waals surface area contributed by atoms with Crippen molar-refractivity contribution in [3.63, 3.8) is 0 Å². The molecule has 0 radical (unpaired) electrons. The Hall–Kier alpha value is -2.92. The van der Waals surface area contributed by atoms with E-state index in [2.05, 4.69) is 5.32 Å². The van der Waals surface area contributed by atoms with Gasteiger partial charge in [0.25, 0.3) is 0 Å². The van der Waals surface area contributed by atoms with Crippen LogP contribution in [0.4, 0.5) is 8.78 Å². The van der Waals surface area contributed by atoms with E-state index in [0.29, 0.717) is 30.2 Å². The molecule has 3 aromatic carbocycles. The number of benzene rings is 3. The summed E-state index contributed by atoms with van der Waals surface area (Å²) < 4.78 is 39.6. The standard InChI is InChI=1S/C23H21F2NO2/c1-27-21-11-16-9-10-26-23(19-12-17(24)7-8-20(19)25)18(16)13-22(21)28-14-15-5-3-2-4-6-15/h2-8,11-13,23,26H,9-10,14H2,1H3. The zero-order chi connectivity index (χ0) is 19.5. The van der Waals surface area contributed by atoms with Crippen LogP contribution in [0.15, 0.2) is 60.7 Å². The van der Waals surface area contributed by atoms with E-state index < -0.39 is 17.7 Å². The molecule has 0 spiro atoms. The minimum atomic E-state index is -0.459. The van der Waals surface area contributed by atoms with Crippen LogP contribution in [0.1, 0.15) is 28.3 Å². The zero-order valence-electron chi connectivity index (χ0n) is 15.5. The third-order valence-electron chi connectivity index (χ3n) is 4.99. The van der Waals surface area contributed by atoms with E-state index in [-0.39, 0.29) is 0 Å². The first-order valence-corrected chi connectivity index (χ1v) is 9.21. The molecule has 0 amide bonds. The highest BCUT2D eigenvalue weighted by Crippen LogP contribution is 2.38. The summed E-state index contributed by atoms with van der Waals surface area (Å²) in [7, 11) is 1.60. The number of ether oxygens (including phenoxy) is 2. The Labute approximate surface area is 162 Å². The first-order valence-electron chi connectivity index (χ1n) is 9.21. The Morgan fingerprint density at radius 3 is 2.57 bits per heavy atom. The average molecular weight is 381 g/mol. The Morgan fingerprint density at radius 1 is 0.964 bits per heavy atom. The van der Waals surface area contributed by atoms with E-state index in [1.807, 2.05) is 42.5 Å². The lowest BCUT2D eigenvalue weighted by Gasteiger charge is -2.29. The molecule has 28 heavy (non-hydrogen) atoms. The molecule has 1 heterocycles. The molecule has 3 aromatic rings. The van der Waals surface area contributed by atoms with Gasteiger partial charge in [-0.3, -0.25) is 0 Å². The molecule has 144 valence electrons. The first kappa shape index (κ1) is 18.4. The maximum atomic E-state index is 14.4. The topological polar surface area (TPSA) is 30.5 Å². The van der Waals surface area contributed by atoms with Crippen molar-refractivity contribution >= 4 is 0 Å². The van der Waals surface area contributed by atoms with E-state index >= 15 is 0 Å². The Balaban J connectivity index is 1.71. The number of hydrogen-bond donors (Lipinski definition) is 1. The van der Waals surface area contributed by atoms with Gasteiger partial charge in [-0.15, -0.1) is 0 Å².